The molecule has 0 atom stereocenters. The number of hydrogen-bond acceptors (Lipinski definition) is 4. The van der Waals surface area contributed by atoms with Gasteiger partial charge in [0.2, 0.25) is 0 Å². The number of aromatic nitrogens is 1. The van der Waals surface area contributed by atoms with E-state index in [1.807, 2.05) is 42.5 Å². The van der Waals surface area contributed by atoms with Crippen molar-refractivity contribution < 1.29 is 10.0 Å². The first-order chi connectivity index (χ1) is 11.8. The van der Waals surface area contributed by atoms with Crippen molar-refractivity contribution in [2.45, 2.75) is 6.42 Å². The molecule has 0 amide bonds. The molecule has 2 aromatic carbocycles. The Morgan fingerprint density at radius 2 is 1.71 bits per heavy atom. The number of hydrogen-bond donors (Lipinski definition) is 1. The van der Waals surface area contributed by atoms with Gasteiger partial charge < -0.3 is 5.21 Å². The molecule has 0 unspecified atom stereocenters. The molecule has 0 fully saturated rings. The number of benzene rings is 2. The highest BCUT2D eigenvalue weighted by Gasteiger charge is 2.09. The van der Waals surface area contributed by atoms with Crippen LogP contribution in [0.25, 0.3) is 11.1 Å². The van der Waals surface area contributed by atoms with Crippen molar-refractivity contribution in [1.82, 2.24) is 4.98 Å². The maximum absolute atomic E-state index is 10.9. The molecule has 0 radical (unpaired) electrons. The van der Waals surface area contributed by atoms with E-state index in [1.54, 1.807) is 12.1 Å². The average Bonchev–Trinajstić information content (AvgIpc) is 2.67. The fourth-order valence-electron chi connectivity index (χ4n) is 2.49. The van der Waals surface area contributed by atoms with E-state index in [4.69, 9.17) is 0 Å². The number of oxime groups is 1. The molecule has 1 heterocycles. The Hall–Kier alpha value is -3.27. The van der Waals surface area contributed by atoms with Crippen LogP contribution in [0, 0.1) is 0 Å². The van der Waals surface area contributed by atoms with E-state index in [1.165, 1.54) is 6.20 Å². The molecule has 0 saturated heterocycles. The molecule has 1 aromatic heterocycles. The standard InChI is InChI=1S/C20H16N2O2/c23-14-16-10-11-21-19(13-16)20(22-24)12-15-6-8-18(9-7-15)17-4-2-1-3-5-17/h1-11,13-14,24H,12H2/b22-20+. The Balaban J connectivity index is 1.80. The van der Waals surface area contributed by atoms with Gasteiger partial charge in [-0.15, -0.1) is 0 Å². The van der Waals surface area contributed by atoms with Gasteiger partial charge in [-0.25, -0.2) is 0 Å². The van der Waals surface area contributed by atoms with E-state index in [2.05, 4.69) is 22.3 Å². The van der Waals surface area contributed by atoms with Crippen LogP contribution < -0.4 is 0 Å². The minimum Gasteiger partial charge on any atom is -0.411 e. The molecule has 3 rings (SSSR count). The second-order valence-electron chi connectivity index (χ2n) is 5.38. The van der Waals surface area contributed by atoms with E-state index in [0.717, 1.165) is 23.0 Å². The SMILES string of the molecule is O=Cc1ccnc(/C(Cc2ccc(-c3ccccc3)cc2)=N/O)c1. The molecular weight excluding hydrogens is 300 g/mol. The lowest BCUT2D eigenvalue weighted by Gasteiger charge is -2.07. The van der Waals surface area contributed by atoms with E-state index >= 15 is 0 Å². The summed E-state index contributed by atoms with van der Waals surface area (Å²) in [4.78, 5) is 15.0. The first-order valence-electron chi connectivity index (χ1n) is 7.57. The van der Waals surface area contributed by atoms with Crippen LogP contribution in [-0.4, -0.2) is 22.2 Å². The summed E-state index contributed by atoms with van der Waals surface area (Å²) in [6.45, 7) is 0. The van der Waals surface area contributed by atoms with Gasteiger partial charge in [-0.2, -0.15) is 0 Å². The first-order valence-corrected chi connectivity index (χ1v) is 7.57. The predicted molar refractivity (Wildman–Crippen MR) is 93.5 cm³/mol. The molecule has 4 nitrogen and oxygen atoms in total. The third kappa shape index (κ3) is 3.55. The molecule has 0 spiro atoms. The molecule has 24 heavy (non-hydrogen) atoms. The summed E-state index contributed by atoms with van der Waals surface area (Å²) < 4.78 is 0. The number of pyridine rings is 1. The summed E-state index contributed by atoms with van der Waals surface area (Å²) >= 11 is 0. The molecule has 0 bridgehead atoms. The topological polar surface area (TPSA) is 62.5 Å². The molecular formula is C20H16N2O2. The molecule has 0 aliphatic heterocycles. The highest BCUT2D eigenvalue weighted by Crippen LogP contribution is 2.20. The molecule has 4 heteroatoms. The quantitative estimate of drug-likeness (QED) is 0.335. The zero-order valence-electron chi connectivity index (χ0n) is 13.0. The van der Waals surface area contributed by atoms with Crippen LogP contribution in [0.5, 0.6) is 0 Å². The number of nitrogens with zero attached hydrogens (tertiary/aromatic N) is 2. The van der Waals surface area contributed by atoms with Crippen molar-refractivity contribution in [3.05, 3.63) is 89.7 Å². The maximum atomic E-state index is 10.9. The first kappa shape index (κ1) is 15.6. The van der Waals surface area contributed by atoms with Crippen molar-refractivity contribution in [2.75, 3.05) is 0 Å². The van der Waals surface area contributed by atoms with Gasteiger partial charge in [-0.05, 0) is 28.8 Å². The highest BCUT2D eigenvalue weighted by atomic mass is 16.4. The lowest BCUT2D eigenvalue weighted by Crippen LogP contribution is -2.08. The molecule has 3 aromatic rings. The fraction of sp³-hybridized carbons (Fsp3) is 0.0500. The Kier molecular flexibility index (Phi) is 4.77. The monoisotopic (exact) mass is 316 g/mol. The normalized spacial score (nSPS) is 11.2. The zero-order chi connectivity index (χ0) is 16.8. The van der Waals surface area contributed by atoms with Crippen LogP contribution in [-0.2, 0) is 6.42 Å². The fourth-order valence-corrected chi connectivity index (χ4v) is 2.49. The lowest BCUT2D eigenvalue weighted by atomic mass is 10.0. The summed E-state index contributed by atoms with van der Waals surface area (Å²) in [7, 11) is 0. The Labute approximate surface area is 140 Å². The second-order valence-corrected chi connectivity index (χ2v) is 5.38. The van der Waals surface area contributed by atoms with Crippen molar-refractivity contribution in [3.8, 4) is 11.1 Å². The number of rotatable bonds is 5. The van der Waals surface area contributed by atoms with Gasteiger partial charge in [0.1, 0.15) is 12.0 Å². The van der Waals surface area contributed by atoms with E-state index in [-0.39, 0.29) is 0 Å². The highest BCUT2D eigenvalue weighted by molar-refractivity contribution is 6.00. The lowest BCUT2D eigenvalue weighted by molar-refractivity contribution is 0.112. The van der Waals surface area contributed by atoms with Crippen LogP contribution in [0.2, 0.25) is 0 Å². The smallest absolute Gasteiger partial charge is 0.150 e. The minimum absolute atomic E-state index is 0.422. The van der Waals surface area contributed by atoms with E-state index in [9.17, 15) is 10.0 Å². The molecule has 118 valence electrons. The summed E-state index contributed by atoms with van der Waals surface area (Å²) in [5, 5.41) is 12.6. The van der Waals surface area contributed by atoms with Gasteiger partial charge >= 0.3 is 0 Å². The van der Waals surface area contributed by atoms with Gasteiger partial charge in [-0.1, -0.05) is 59.8 Å². The minimum atomic E-state index is 0.422. The third-order valence-electron chi connectivity index (χ3n) is 3.77. The number of carbonyl (C=O) groups is 1. The molecule has 0 saturated carbocycles. The summed E-state index contributed by atoms with van der Waals surface area (Å²) in [6, 6.07) is 21.4. The van der Waals surface area contributed by atoms with Crippen molar-refractivity contribution >= 4 is 12.0 Å². The van der Waals surface area contributed by atoms with Crippen molar-refractivity contribution in [2.24, 2.45) is 5.16 Å². The Morgan fingerprint density at radius 3 is 2.38 bits per heavy atom. The van der Waals surface area contributed by atoms with Gasteiger partial charge in [0.15, 0.2) is 0 Å². The van der Waals surface area contributed by atoms with Crippen LogP contribution in [0.1, 0.15) is 21.6 Å². The van der Waals surface area contributed by atoms with Gasteiger partial charge in [0.25, 0.3) is 0 Å². The van der Waals surface area contributed by atoms with Gasteiger partial charge in [0.05, 0.1) is 5.69 Å². The summed E-state index contributed by atoms with van der Waals surface area (Å²) in [5.74, 6) is 0. The number of carbonyl (C=O) groups excluding carboxylic acids is 1. The van der Waals surface area contributed by atoms with Crippen LogP contribution in [0.3, 0.4) is 0 Å². The van der Waals surface area contributed by atoms with Gasteiger partial charge in [-0.3, -0.25) is 9.78 Å². The second kappa shape index (κ2) is 7.33. The zero-order valence-corrected chi connectivity index (χ0v) is 13.0. The van der Waals surface area contributed by atoms with Crippen molar-refractivity contribution in [3.63, 3.8) is 0 Å². The molecule has 0 aliphatic rings. The van der Waals surface area contributed by atoms with Crippen LogP contribution in [0.15, 0.2) is 78.1 Å². The maximum Gasteiger partial charge on any atom is 0.150 e. The summed E-state index contributed by atoms with van der Waals surface area (Å²) in [5.41, 5.74) is 4.70. The van der Waals surface area contributed by atoms with Crippen LogP contribution >= 0.6 is 0 Å². The van der Waals surface area contributed by atoms with Crippen molar-refractivity contribution in [1.29, 1.82) is 0 Å². The van der Waals surface area contributed by atoms with Gasteiger partial charge in [0, 0.05) is 18.2 Å². The van der Waals surface area contributed by atoms with Crippen LogP contribution in [0.4, 0.5) is 0 Å². The third-order valence-corrected chi connectivity index (χ3v) is 3.77. The van der Waals surface area contributed by atoms with E-state index in [0.29, 0.717) is 23.4 Å². The molecule has 0 aliphatic carbocycles. The Bertz CT molecular complexity index is 856. The number of aldehydes is 1. The average molecular weight is 316 g/mol. The largest absolute Gasteiger partial charge is 0.411 e. The predicted octanol–water partition coefficient (Wildman–Crippen LogP) is 3.98. The Morgan fingerprint density at radius 1 is 1.00 bits per heavy atom. The molecule has 1 N–H and O–H groups in total. The summed E-state index contributed by atoms with van der Waals surface area (Å²) in [6.07, 6.45) is 2.71. The van der Waals surface area contributed by atoms with E-state index < -0.39 is 0 Å².